The second-order valence-corrected chi connectivity index (χ2v) is 8.11. The highest BCUT2D eigenvalue weighted by Gasteiger charge is 2.46. The second kappa shape index (κ2) is 8.99. The summed E-state index contributed by atoms with van der Waals surface area (Å²) in [7, 11) is 0. The number of carboxylic acid groups (broad SMARTS) is 2. The maximum Gasteiger partial charge on any atom is 0.326 e. The molecule has 0 bridgehead atoms. The number of hydrogen-bond acceptors (Lipinski definition) is 6. The summed E-state index contributed by atoms with van der Waals surface area (Å²) in [5, 5.41) is 18.2. The van der Waals surface area contributed by atoms with Gasteiger partial charge in [-0.1, -0.05) is 0 Å². The minimum Gasteiger partial charge on any atom is -0.481 e. The maximum atomic E-state index is 13.2. The van der Waals surface area contributed by atoms with Gasteiger partial charge in [-0.15, -0.1) is 0 Å². The fraction of sp³-hybridized carbons (Fsp3) is 0.737. The average molecular weight is 424 g/mol. The van der Waals surface area contributed by atoms with Gasteiger partial charge in [-0.25, -0.2) is 4.79 Å². The molecule has 0 saturated carbocycles. The van der Waals surface area contributed by atoms with Crippen LogP contribution in [0.1, 0.15) is 44.9 Å². The van der Waals surface area contributed by atoms with Crippen molar-refractivity contribution < 1.29 is 34.2 Å². The summed E-state index contributed by atoms with van der Waals surface area (Å²) in [5.41, 5.74) is 5.70. The normalized spacial score (nSPS) is 27.4. The number of carbonyl (C=O) groups is 5. The van der Waals surface area contributed by atoms with Crippen LogP contribution in [0.25, 0.3) is 0 Å². The van der Waals surface area contributed by atoms with Gasteiger partial charge in [-0.05, 0) is 38.5 Å². The van der Waals surface area contributed by atoms with Gasteiger partial charge in [0, 0.05) is 19.6 Å². The summed E-state index contributed by atoms with van der Waals surface area (Å²) in [6, 6.07) is -3.61. The monoisotopic (exact) mass is 424 g/mol. The molecule has 11 nitrogen and oxygen atoms in total. The third-order valence-electron chi connectivity index (χ3n) is 6.17. The van der Waals surface area contributed by atoms with Crippen LogP contribution >= 0.6 is 0 Å². The number of aliphatic carboxylic acids is 2. The lowest BCUT2D eigenvalue weighted by Gasteiger charge is -2.34. The van der Waals surface area contributed by atoms with Crippen LogP contribution in [0, 0.1) is 0 Å². The van der Waals surface area contributed by atoms with Gasteiger partial charge in [0.05, 0.1) is 12.5 Å². The zero-order valence-electron chi connectivity index (χ0n) is 16.7. The van der Waals surface area contributed by atoms with Crippen LogP contribution in [0.2, 0.25) is 0 Å². The van der Waals surface area contributed by atoms with Crippen molar-refractivity contribution in [2.24, 2.45) is 5.73 Å². The van der Waals surface area contributed by atoms with E-state index in [-0.39, 0.29) is 11.8 Å². The molecule has 30 heavy (non-hydrogen) atoms. The molecule has 0 aromatic carbocycles. The minimum atomic E-state index is -1.23. The smallest absolute Gasteiger partial charge is 0.326 e. The van der Waals surface area contributed by atoms with Crippen LogP contribution in [0.15, 0.2) is 0 Å². The van der Waals surface area contributed by atoms with E-state index in [4.69, 9.17) is 10.8 Å². The molecule has 3 aliphatic heterocycles. The fourth-order valence-corrected chi connectivity index (χ4v) is 4.73. The summed E-state index contributed by atoms with van der Waals surface area (Å²) in [4.78, 5) is 65.3. The van der Waals surface area contributed by atoms with Crippen molar-refractivity contribution in [1.82, 2.24) is 14.7 Å². The zero-order chi connectivity index (χ0) is 22.0. The lowest BCUT2D eigenvalue weighted by molar-refractivity contribution is -0.153. The Bertz CT molecular complexity index is 742. The molecule has 3 saturated heterocycles. The first-order chi connectivity index (χ1) is 14.2. The molecule has 4 atom stereocenters. The Labute approximate surface area is 173 Å². The number of rotatable bonds is 6. The van der Waals surface area contributed by atoms with Crippen LogP contribution < -0.4 is 5.73 Å². The number of carbonyl (C=O) groups excluding carboxylic acids is 3. The first-order valence-electron chi connectivity index (χ1n) is 10.3. The molecule has 166 valence electrons. The summed E-state index contributed by atoms with van der Waals surface area (Å²) >= 11 is 0. The molecule has 4 unspecified atom stereocenters. The Balaban J connectivity index is 1.71. The van der Waals surface area contributed by atoms with Gasteiger partial charge < -0.3 is 30.6 Å². The van der Waals surface area contributed by atoms with E-state index in [2.05, 4.69) is 0 Å². The molecule has 0 aliphatic carbocycles. The highest BCUT2D eigenvalue weighted by atomic mass is 16.4. The molecule has 3 heterocycles. The van der Waals surface area contributed by atoms with E-state index in [1.54, 1.807) is 0 Å². The summed E-state index contributed by atoms with van der Waals surface area (Å²) < 4.78 is 0. The van der Waals surface area contributed by atoms with E-state index in [0.717, 1.165) is 0 Å². The van der Waals surface area contributed by atoms with E-state index in [9.17, 15) is 29.1 Å². The number of nitrogens with zero attached hydrogens (tertiary/aromatic N) is 3. The van der Waals surface area contributed by atoms with Gasteiger partial charge in [-0.2, -0.15) is 0 Å². The number of amides is 3. The zero-order valence-corrected chi connectivity index (χ0v) is 16.7. The molecule has 0 aromatic rings. The predicted molar refractivity (Wildman–Crippen MR) is 102 cm³/mol. The van der Waals surface area contributed by atoms with E-state index < -0.39 is 48.4 Å². The molecular weight excluding hydrogens is 396 g/mol. The lowest BCUT2D eigenvalue weighted by Crippen LogP contribution is -2.56. The maximum absolute atomic E-state index is 13.2. The molecule has 3 aliphatic rings. The summed E-state index contributed by atoms with van der Waals surface area (Å²) in [6.07, 6.45) is 2.56. The molecule has 3 rings (SSSR count). The van der Waals surface area contributed by atoms with Crippen molar-refractivity contribution in [2.75, 3.05) is 19.6 Å². The standard InChI is InChI=1S/C19H28N4O7/c20-11(10-15(24)25)16(26)21-7-1-4-12(21)17(27)22-8-2-5-13(22)18(28)23-9-3-6-14(23)19(29)30/h11-14H,1-10,20H2,(H,24,25)(H,29,30). The number of likely N-dealkylation sites (tertiary alicyclic amines) is 3. The molecule has 0 radical (unpaired) electrons. The Kier molecular flexibility index (Phi) is 6.59. The highest BCUT2D eigenvalue weighted by Crippen LogP contribution is 2.28. The van der Waals surface area contributed by atoms with Gasteiger partial charge in [-0.3, -0.25) is 19.2 Å². The van der Waals surface area contributed by atoms with Crippen LogP contribution in [0.5, 0.6) is 0 Å². The predicted octanol–water partition coefficient (Wildman–Crippen LogP) is -1.15. The lowest BCUT2D eigenvalue weighted by atomic mass is 10.1. The first kappa shape index (κ1) is 22.0. The Morgan fingerprint density at radius 3 is 1.70 bits per heavy atom. The van der Waals surface area contributed by atoms with Crippen molar-refractivity contribution in [3.8, 4) is 0 Å². The van der Waals surface area contributed by atoms with E-state index in [1.165, 1.54) is 14.7 Å². The Morgan fingerprint density at radius 1 is 0.767 bits per heavy atom. The van der Waals surface area contributed by atoms with Crippen LogP contribution in [-0.2, 0) is 24.0 Å². The second-order valence-electron chi connectivity index (χ2n) is 8.11. The van der Waals surface area contributed by atoms with Gasteiger partial charge in [0.2, 0.25) is 17.7 Å². The number of carboxylic acids is 2. The summed E-state index contributed by atoms with van der Waals surface area (Å²) in [5.74, 6) is -3.53. The average Bonchev–Trinajstić information content (AvgIpc) is 3.45. The quantitative estimate of drug-likeness (QED) is 0.481. The van der Waals surface area contributed by atoms with E-state index >= 15 is 0 Å². The first-order valence-corrected chi connectivity index (χ1v) is 10.3. The molecular formula is C19H28N4O7. The van der Waals surface area contributed by atoms with Crippen LogP contribution in [0.4, 0.5) is 0 Å². The van der Waals surface area contributed by atoms with E-state index in [1.807, 2.05) is 0 Å². The molecule has 11 heteroatoms. The minimum absolute atomic E-state index is 0.308. The van der Waals surface area contributed by atoms with Crippen LogP contribution in [-0.4, -0.2) is 98.4 Å². The van der Waals surface area contributed by atoms with E-state index in [0.29, 0.717) is 58.2 Å². The van der Waals surface area contributed by atoms with Crippen molar-refractivity contribution >= 4 is 29.7 Å². The third kappa shape index (κ3) is 4.25. The Morgan fingerprint density at radius 2 is 1.20 bits per heavy atom. The van der Waals surface area contributed by atoms with Crippen molar-refractivity contribution in [3.63, 3.8) is 0 Å². The number of nitrogens with two attached hydrogens (primary N) is 1. The fourth-order valence-electron chi connectivity index (χ4n) is 4.73. The largest absolute Gasteiger partial charge is 0.481 e. The van der Waals surface area contributed by atoms with Crippen LogP contribution in [0.3, 0.4) is 0 Å². The SMILES string of the molecule is NC(CC(=O)O)C(=O)N1CCCC1C(=O)N1CCCC1C(=O)N1CCCC1C(=O)O. The van der Waals surface area contributed by atoms with Gasteiger partial charge >= 0.3 is 11.9 Å². The molecule has 0 aromatic heterocycles. The van der Waals surface area contributed by atoms with Crippen molar-refractivity contribution in [1.29, 1.82) is 0 Å². The van der Waals surface area contributed by atoms with Crippen molar-refractivity contribution in [2.45, 2.75) is 69.1 Å². The molecule has 0 spiro atoms. The molecule has 4 N–H and O–H groups in total. The Hall–Kier alpha value is -2.69. The van der Waals surface area contributed by atoms with Gasteiger partial charge in [0.15, 0.2) is 0 Å². The van der Waals surface area contributed by atoms with Gasteiger partial charge in [0.1, 0.15) is 18.1 Å². The molecule has 3 fully saturated rings. The third-order valence-corrected chi connectivity index (χ3v) is 6.17. The van der Waals surface area contributed by atoms with Gasteiger partial charge in [0.25, 0.3) is 0 Å². The number of hydrogen-bond donors (Lipinski definition) is 3. The highest BCUT2D eigenvalue weighted by molar-refractivity contribution is 5.95. The molecule has 3 amide bonds. The summed E-state index contributed by atoms with van der Waals surface area (Å²) in [6.45, 7) is 1.02. The van der Waals surface area contributed by atoms with Crippen molar-refractivity contribution in [3.05, 3.63) is 0 Å². The topological polar surface area (TPSA) is 162 Å².